The fourth-order valence-corrected chi connectivity index (χ4v) is 2.98. The van der Waals surface area contributed by atoms with Gasteiger partial charge in [0.1, 0.15) is 16.8 Å². The van der Waals surface area contributed by atoms with Crippen LogP contribution in [-0.4, -0.2) is 17.5 Å². The molecule has 0 spiro atoms. The van der Waals surface area contributed by atoms with Crippen molar-refractivity contribution >= 4 is 11.9 Å². The third-order valence-corrected chi connectivity index (χ3v) is 4.04. The van der Waals surface area contributed by atoms with Crippen LogP contribution in [0.5, 0.6) is 0 Å². The van der Waals surface area contributed by atoms with Crippen molar-refractivity contribution in [3.8, 4) is 6.07 Å². The molecule has 1 aliphatic rings. The Bertz CT molecular complexity index is 690. The molecule has 1 fully saturated rings. The van der Waals surface area contributed by atoms with E-state index in [0.29, 0.717) is 6.42 Å². The Balaban J connectivity index is 2.43. The summed E-state index contributed by atoms with van der Waals surface area (Å²) in [6, 6.07) is 6.78. The largest absolute Gasteiger partial charge is 0.444 e. The third-order valence-electron chi connectivity index (χ3n) is 4.04. The van der Waals surface area contributed by atoms with Crippen molar-refractivity contribution in [2.24, 2.45) is 5.41 Å². The fraction of sp³-hybridized carbons (Fsp3) is 0.500. The lowest BCUT2D eigenvalue weighted by Gasteiger charge is -2.32. The van der Waals surface area contributed by atoms with Crippen molar-refractivity contribution in [1.29, 1.82) is 5.26 Å². The van der Waals surface area contributed by atoms with E-state index in [2.05, 4.69) is 5.32 Å². The van der Waals surface area contributed by atoms with Crippen LogP contribution in [0.15, 0.2) is 24.3 Å². The molecule has 0 aromatic heterocycles. The average Bonchev–Trinajstić information content (AvgIpc) is 2.86. The second kappa shape index (κ2) is 6.60. The minimum Gasteiger partial charge on any atom is -0.444 e. The molecule has 1 aromatic rings. The summed E-state index contributed by atoms with van der Waals surface area (Å²) in [6.45, 7) is 5.10. The molecule has 1 amide bonds. The van der Waals surface area contributed by atoms with Gasteiger partial charge in [0.15, 0.2) is 5.78 Å². The molecule has 0 heterocycles. The average molecular weight is 332 g/mol. The van der Waals surface area contributed by atoms with Crippen LogP contribution in [0.3, 0.4) is 0 Å². The van der Waals surface area contributed by atoms with E-state index in [-0.39, 0.29) is 24.2 Å². The first-order valence-corrected chi connectivity index (χ1v) is 7.88. The number of nitriles is 1. The number of halogens is 1. The van der Waals surface area contributed by atoms with Gasteiger partial charge in [-0.1, -0.05) is 18.2 Å². The van der Waals surface area contributed by atoms with Crippen LogP contribution in [0.1, 0.15) is 51.6 Å². The summed E-state index contributed by atoms with van der Waals surface area (Å²) in [5.74, 6) is -0.859. The van der Waals surface area contributed by atoms with Crippen molar-refractivity contribution in [1.82, 2.24) is 5.32 Å². The molecule has 1 aliphatic carbocycles. The molecule has 1 N–H and O–H groups in total. The van der Waals surface area contributed by atoms with Gasteiger partial charge in [-0.05, 0) is 39.7 Å². The van der Waals surface area contributed by atoms with E-state index < -0.39 is 29.0 Å². The maximum absolute atomic E-state index is 14.3. The minimum atomic E-state index is -1.47. The molecule has 0 bridgehead atoms. The van der Waals surface area contributed by atoms with Crippen molar-refractivity contribution < 1.29 is 18.7 Å². The lowest BCUT2D eigenvalue weighted by Crippen LogP contribution is -2.45. The molecule has 128 valence electrons. The van der Waals surface area contributed by atoms with Crippen molar-refractivity contribution in [3.63, 3.8) is 0 Å². The highest BCUT2D eigenvalue weighted by Crippen LogP contribution is 2.45. The van der Waals surface area contributed by atoms with E-state index >= 15 is 0 Å². The van der Waals surface area contributed by atoms with Gasteiger partial charge in [-0.15, -0.1) is 0 Å². The summed E-state index contributed by atoms with van der Waals surface area (Å²) in [7, 11) is 0. The number of nitrogens with zero attached hydrogens (tertiary/aromatic N) is 1. The Morgan fingerprint density at radius 3 is 2.58 bits per heavy atom. The summed E-state index contributed by atoms with van der Waals surface area (Å²) < 4.78 is 19.5. The lowest BCUT2D eigenvalue weighted by molar-refractivity contribution is -0.124. The predicted octanol–water partition coefficient (Wildman–Crippen LogP) is 3.65. The maximum Gasteiger partial charge on any atom is 0.408 e. The number of ether oxygens (including phenoxy) is 1. The van der Waals surface area contributed by atoms with Gasteiger partial charge >= 0.3 is 6.09 Å². The topological polar surface area (TPSA) is 79.2 Å². The highest BCUT2D eigenvalue weighted by atomic mass is 19.1. The van der Waals surface area contributed by atoms with Crippen LogP contribution in [0, 0.1) is 22.6 Å². The zero-order valence-electron chi connectivity index (χ0n) is 14.1. The Morgan fingerprint density at radius 1 is 1.42 bits per heavy atom. The summed E-state index contributed by atoms with van der Waals surface area (Å²) in [4.78, 5) is 24.6. The van der Waals surface area contributed by atoms with E-state index in [1.807, 2.05) is 6.07 Å². The number of nitrogens with one attached hydrogen (secondary N) is 1. The number of hydrogen-bond donors (Lipinski definition) is 1. The van der Waals surface area contributed by atoms with Crippen LogP contribution in [0.4, 0.5) is 9.18 Å². The lowest BCUT2D eigenvalue weighted by atomic mass is 9.76. The van der Waals surface area contributed by atoms with Crippen molar-refractivity contribution in [2.75, 3.05) is 0 Å². The van der Waals surface area contributed by atoms with Gasteiger partial charge in [0.2, 0.25) is 0 Å². The normalized spacial score (nSPS) is 21.9. The molecule has 2 atom stereocenters. The number of Topliss-reactive ketones (excluding diaryl/α,β-unsaturated/α-hetero) is 1. The Labute approximate surface area is 140 Å². The molecule has 0 saturated heterocycles. The summed E-state index contributed by atoms with van der Waals surface area (Å²) in [5.41, 5.74) is -2.11. The predicted molar refractivity (Wildman–Crippen MR) is 85.4 cm³/mol. The number of amides is 1. The van der Waals surface area contributed by atoms with Crippen LogP contribution < -0.4 is 5.32 Å². The molecular weight excluding hydrogens is 311 g/mol. The Hall–Kier alpha value is -2.42. The van der Waals surface area contributed by atoms with Crippen molar-refractivity contribution in [3.05, 3.63) is 35.6 Å². The molecule has 0 aliphatic heterocycles. The highest BCUT2D eigenvalue weighted by molar-refractivity contribution is 5.91. The van der Waals surface area contributed by atoms with E-state index in [1.165, 1.54) is 18.2 Å². The molecule has 1 saturated carbocycles. The minimum absolute atomic E-state index is 0.111. The van der Waals surface area contributed by atoms with Gasteiger partial charge in [-0.3, -0.25) is 4.79 Å². The molecule has 6 heteroatoms. The summed E-state index contributed by atoms with van der Waals surface area (Å²) in [5, 5.41) is 12.2. The standard InChI is InChI=1S/C18H21FN2O3/c1-17(2,3)24-16(23)21-15(12-7-4-5-8-13(12)19)18(11-20)10-6-9-14(18)22/h4-5,7-8,15H,6,9-10H2,1-3H3,(H,21,23)/t15-,18+/m0/s1. The number of hydrogen-bond acceptors (Lipinski definition) is 4. The molecule has 24 heavy (non-hydrogen) atoms. The number of benzene rings is 1. The first kappa shape index (κ1) is 17.9. The number of carbonyl (C=O) groups excluding carboxylic acids is 2. The summed E-state index contributed by atoms with van der Waals surface area (Å²) >= 11 is 0. The van der Waals surface area contributed by atoms with E-state index in [1.54, 1.807) is 26.8 Å². The van der Waals surface area contributed by atoms with Crippen LogP contribution in [-0.2, 0) is 9.53 Å². The van der Waals surface area contributed by atoms with Crippen LogP contribution in [0.2, 0.25) is 0 Å². The highest BCUT2D eigenvalue weighted by Gasteiger charge is 2.51. The number of alkyl carbamates (subject to hydrolysis) is 1. The second-order valence-corrected chi connectivity index (χ2v) is 6.96. The zero-order valence-corrected chi connectivity index (χ0v) is 14.1. The fourth-order valence-electron chi connectivity index (χ4n) is 2.98. The zero-order chi connectivity index (χ0) is 18.0. The van der Waals surface area contributed by atoms with E-state index in [0.717, 1.165) is 0 Å². The molecular formula is C18H21FN2O3. The number of rotatable bonds is 3. The van der Waals surface area contributed by atoms with Crippen LogP contribution in [0.25, 0.3) is 0 Å². The van der Waals surface area contributed by atoms with Gasteiger partial charge in [0.25, 0.3) is 0 Å². The Kier molecular flexibility index (Phi) is 4.93. The molecule has 2 rings (SSSR count). The van der Waals surface area contributed by atoms with Crippen LogP contribution >= 0.6 is 0 Å². The van der Waals surface area contributed by atoms with Gasteiger partial charge in [-0.25, -0.2) is 9.18 Å². The summed E-state index contributed by atoms with van der Waals surface area (Å²) in [6.07, 6.45) is 0.268. The smallest absolute Gasteiger partial charge is 0.408 e. The van der Waals surface area contributed by atoms with E-state index in [4.69, 9.17) is 4.74 Å². The van der Waals surface area contributed by atoms with Gasteiger partial charge < -0.3 is 10.1 Å². The van der Waals surface area contributed by atoms with Crippen molar-refractivity contribution in [2.45, 2.75) is 51.7 Å². The maximum atomic E-state index is 14.3. The molecule has 0 radical (unpaired) electrons. The van der Waals surface area contributed by atoms with Gasteiger partial charge in [0, 0.05) is 12.0 Å². The number of carbonyl (C=O) groups is 2. The second-order valence-electron chi connectivity index (χ2n) is 6.96. The third kappa shape index (κ3) is 3.56. The quantitative estimate of drug-likeness (QED) is 0.916. The monoisotopic (exact) mass is 332 g/mol. The molecule has 1 aromatic carbocycles. The molecule has 5 nitrogen and oxygen atoms in total. The van der Waals surface area contributed by atoms with Gasteiger partial charge in [-0.2, -0.15) is 5.26 Å². The van der Waals surface area contributed by atoms with Gasteiger partial charge in [0.05, 0.1) is 12.1 Å². The Morgan fingerprint density at radius 2 is 2.08 bits per heavy atom. The SMILES string of the molecule is CC(C)(C)OC(=O)N[C@@H](c1ccccc1F)[C@@]1(C#N)CCCC1=O. The molecule has 0 unspecified atom stereocenters. The van der Waals surface area contributed by atoms with E-state index in [9.17, 15) is 19.2 Å². The number of ketones is 1. The first-order valence-electron chi connectivity index (χ1n) is 7.88. The first-order chi connectivity index (χ1) is 11.2.